The fraction of sp³-hybridized carbons (Fsp3) is 0.619. The highest BCUT2D eigenvalue weighted by Gasteiger charge is 2.76. The summed E-state index contributed by atoms with van der Waals surface area (Å²) in [7, 11) is 1.69. The van der Waals surface area contributed by atoms with Crippen LogP contribution in [0.2, 0.25) is 0 Å². The minimum absolute atomic E-state index is 0.218. The summed E-state index contributed by atoms with van der Waals surface area (Å²) < 4.78 is 6.01. The third kappa shape index (κ3) is 1.83. The fourth-order valence-corrected chi connectivity index (χ4v) is 6.45. The summed E-state index contributed by atoms with van der Waals surface area (Å²) in [6.07, 6.45) is 6.21. The van der Waals surface area contributed by atoms with E-state index < -0.39 is 11.4 Å². The van der Waals surface area contributed by atoms with Gasteiger partial charge < -0.3 is 9.84 Å². The smallest absolute Gasteiger partial charge is 0.260 e. The van der Waals surface area contributed by atoms with Crippen LogP contribution in [0.5, 0.6) is 5.75 Å². The van der Waals surface area contributed by atoms with Gasteiger partial charge in [-0.15, -0.1) is 0 Å². The van der Waals surface area contributed by atoms with Gasteiger partial charge in [-0.05, 0) is 74.3 Å². The number of benzene rings is 1. The second-order valence-corrected chi connectivity index (χ2v) is 8.60. The Labute approximate surface area is 148 Å². The molecule has 0 amide bonds. The van der Waals surface area contributed by atoms with E-state index in [2.05, 4.69) is 6.58 Å². The Balaban J connectivity index is 1.59. The van der Waals surface area contributed by atoms with E-state index in [1.807, 2.05) is 19.1 Å². The van der Waals surface area contributed by atoms with Crippen molar-refractivity contribution in [3.8, 4) is 5.75 Å². The Morgan fingerprint density at radius 2 is 1.76 bits per heavy atom. The first-order valence-corrected chi connectivity index (χ1v) is 9.41. The van der Waals surface area contributed by atoms with Crippen LogP contribution in [-0.2, 0) is 20.3 Å². The van der Waals surface area contributed by atoms with Crippen molar-refractivity contribution in [1.82, 2.24) is 0 Å². The van der Waals surface area contributed by atoms with Crippen LogP contribution in [0.3, 0.4) is 0 Å². The van der Waals surface area contributed by atoms with Crippen molar-refractivity contribution in [1.29, 1.82) is 0 Å². The molecule has 4 saturated carbocycles. The van der Waals surface area contributed by atoms with E-state index in [1.54, 1.807) is 13.2 Å². The highest BCUT2D eigenvalue weighted by atomic mass is 17.3. The molecule has 1 aromatic carbocycles. The summed E-state index contributed by atoms with van der Waals surface area (Å²) in [4.78, 5) is 11.7. The topological polar surface area (TPSA) is 47.9 Å². The van der Waals surface area contributed by atoms with Crippen molar-refractivity contribution in [3.63, 3.8) is 0 Å². The zero-order valence-electron chi connectivity index (χ0n) is 15.0. The Hall–Kier alpha value is -1.36. The second kappa shape index (κ2) is 5.09. The van der Waals surface area contributed by atoms with Crippen LogP contribution < -0.4 is 0 Å². The Morgan fingerprint density at radius 1 is 1.12 bits per heavy atom. The van der Waals surface area contributed by atoms with E-state index >= 15 is 0 Å². The van der Waals surface area contributed by atoms with Crippen LogP contribution in [0, 0.1) is 23.7 Å². The maximum atomic E-state index is 10.5. The molecule has 0 radical (unpaired) electrons. The van der Waals surface area contributed by atoms with E-state index in [-0.39, 0.29) is 5.75 Å². The largest absolute Gasteiger partial charge is 0.507 e. The lowest BCUT2D eigenvalue weighted by Gasteiger charge is -2.68. The van der Waals surface area contributed by atoms with Gasteiger partial charge in [-0.1, -0.05) is 18.7 Å². The summed E-state index contributed by atoms with van der Waals surface area (Å²) in [6, 6.07) is 5.66. The van der Waals surface area contributed by atoms with E-state index in [0.717, 1.165) is 28.5 Å². The molecule has 0 aromatic heterocycles. The number of rotatable bonds is 3. The fourth-order valence-electron chi connectivity index (χ4n) is 6.45. The van der Waals surface area contributed by atoms with Crippen molar-refractivity contribution in [2.75, 3.05) is 7.11 Å². The number of phenolic OH excluding ortho intramolecular Hbond substituents is 1. The van der Waals surface area contributed by atoms with E-state index in [0.29, 0.717) is 11.8 Å². The molecule has 134 valence electrons. The summed E-state index contributed by atoms with van der Waals surface area (Å²) in [5, 5.41) is 10.5. The predicted octanol–water partition coefficient (Wildman–Crippen LogP) is 4.38. The van der Waals surface area contributed by atoms with E-state index in [4.69, 9.17) is 14.5 Å². The average Bonchev–Trinajstić information content (AvgIpc) is 2.54. The third-order valence-corrected chi connectivity index (χ3v) is 7.29. The number of methoxy groups -OCH3 is 1. The van der Waals surface area contributed by atoms with Gasteiger partial charge in [-0.25, -0.2) is 4.89 Å². The van der Waals surface area contributed by atoms with Crippen molar-refractivity contribution in [2.45, 2.75) is 50.4 Å². The molecule has 1 N–H and O–H groups in total. The molecule has 6 rings (SSSR count). The van der Waals surface area contributed by atoms with Gasteiger partial charge in [0.25, 0.3) is 5.79 Å². The highest BCUT2D eigenvalue weighted by molar-refractivity contribution is 5.67. The van der Waals surface area contributed by atoms with E-state index in [9.17, 15) is 5.11 Å². The monoisotopic (exact) mass is 342 g/mol. The first-order chi connectivity index (χ1) is 12.0. The SMILES string of the molecule is C=C(C)c1ccc(C2(OC)OOC23C2CC4CC(C2)CC3C4)cc1O. The molecule has 4 aliphatic carbocycles. The quantitative estimate of drug-likeness (QED) is 0.828. The molecule has 1 heterocycles. The van der Waals surface area contributed by atoms with Crippen LogP contribution >= 0.6 is 0 Å². The van der Waals surface area contributed by atoms with Crippen LogP contribution in [0.25, 0.3) is 5.57 Å². The molecular weight excluding hydrogens is 316 g/mol. The summed E-state index contributed by atoms with van der Waals surface area (Å²) >= 11 is 0. The number of allylic oxidation sites excluding steroid dienone is 1. The molecule has 5 fully saturated rings. The van der Waals surface area contributed by atoms with Gasteiger partial charge in [-0.2, -0.15) is 4.89 Å². The number of aromatic hydroxyl groups is 1. The maximum Gasteiger partial charge on any atom is 0.260 e. The van der Waals surface area contributed by atoms with Crippen LogP contribution in [-0.4, -0.2) is 17.8 Å². The number of hydrogen-bond acceptors (Lipinski definition) is 4. The molecule has 4 heteroatoms. The third-order valence-electron chi connectivity index (χ3n) is 7.29. The predicted molar refractivity (Wildman–Crippen MR) is 93.4 cm³/mol. The average molecular weight is 342 g/mol. The molecule has 1 spiro atoms. The van der Waals surface area contributed by atoms with Crippen molar-refractivity contribution in [2.24, 2.45) is 23.7 Å². The Kier molecular flexibility index (Phi) is 3.23. The first kappa shape index (κ1) is 15.9. The molecule has 1 aliphatic heterocycles. The van der Waals surface area contributed by atoms with Gasteiger partial charge in [0, 0.05) is 18.2 Å². The lowest BCUT2D eigenvalue weighted by molar-refractivity contribution is -0.645. The molecule has 1 unspecified atom stereocenters. The number of hydrogen-bond donors (Lipinski definition) is 1. The van der Waals surface area contributed by atoms with Crippen molar-refractivity contribution < 1.29 is 19.6 Å². The minimum Gasteiger partial charge on any atom is -0.507 e. The van der Waals surface area contributed by atoms with Crippen LogP contribution in [0.4, 0.5) is 0 Å². The van der Waals surface area contributed by atoms with Crippen LogP contribution in [0.15, 0.2) is 24.8 Å². The zero-order valence-corrected chi connectivity index (χ0v) is 15.0. The highest BCUT2D eigenvalue weighted by Crippen LogP contribution is 2.69. The van der Waals surface area contributed by atoms with Crippen molar-refractivity contribution in [3.05, 3.63) is 35.9 Å². The molecule has 4 nitrogen and oxygen atoms in total. The zero-order chi connectivity index (χ0) is 17.4. The lowest BCUT2D eigenvalue weighted by Crippen LogP contribution is -2.76. The van der Waals surface area contributed by atoms with Gasteiger partial charge in [0.1, 0.15) is 5.75 Å². The van der Waals surface area contributed by atoms with Gasteiger partial charge in [0.2, 0.25) is 0 Å². The lowest BCUT2D eigenvalue weighted by atomic mass is 9.47. The molecule has 4 bridgehead atoms. The maximum absolute atomic E-state index is 10.5. The van der Waals surface area contributed by atoms with Gasteiger partial charge in [0.15, 0.2) is 5.60 Å². The molecular formula is C21H26O4. The minimum atomic E-state index is -0.916. The summed E-state index contributed by atoms with van der Waals surface area (Å²) in [6.45, 7) is 5.82. The van der Waals surface area contributed by atoms with E-state index in [1.165, 1.54) is 32.1 Å². The summed E-state index contributed by atoms with van der Waals surface area (Å²) in [5.74, 6) is 1.93. The van der Waals surface area contributed by atoms with Gasteiger partial charge >= 0.3 is 0 Å². The van der Waals surface area contributed by atoms with Crippen LogP contribution in [0.1, 0.15) is 50.2 Å². The summed E-state index contributed by atoms with van der Waals surface area (Å²) in [5.41, 5.74) is 2.03. The molecule has 5 aliphatic rings. The first-order valence-electron chi connectivity index (χ1n) is 9.41. The van der Waals surface area contributed by atoms with Gasteiger partial charge in [0.05, 0.1) is 0 Å². The molecule has 1 saturated heterocycles. The Bertz CT molecular complexity index is 707. The second-order valence-electron chi connectivity index (χ2n) is 8.60. The normalized spacial score (nSPS) is 44.1. The Morgan fingerprint density at radius 3 is 2.20 bits per heavy atom. The van der Waals surface area contributed by atoms with Crippen molar-refractivity contribution >= 4 is 5.57 Å². The van der Waals surface area contributed by atoms with Gasteiger partial charge in [-0.3, -0.25) is 0 Å². The molecule has 1 aromatic rings. The molecule has 1 atom stereocenters. The number of phenols is 1. The number of ether oxygens (including phenoxy) is 1. The standard InChI is InChI=1S/C21H26O4/c1-12(2)18-5-4-15(11-19(18)22)21(23-3)20(24-25-21)16-7-13-6-14(9-16)10-17(20)8-13/h4-5,11,13-14,16-17,22H,1,6-10H2,2-3H3. The molecule has 25 heavy (non-hydrogen) atoms.